The summed E-state index contributed by atoms with van der Waals surface area (Å²) in [5.74, 6) is 0.706. The van der Waals surface area contributed by atoms with Crippen molar-refractivity contribution in [2.45, 2.75) is 12.8 Å². The molecule has 10 rings (SSSR count). The zero-order valence-electron chi connectivity index (χ0n) is 30.9. The van der Waals surface area contributed by atoms with E-state index >= 15 is 0 Å². The average Bonchev–Trinajstić information content (AvgIpc) is 3.29. The van der Waals surface area contributed by atoms with Gasteiger partial charge in [0, 0.05) is 16.7 Å². The first kappa shape index (κ1) is 33.4. The summed E-state index contributed by atoms with van der Waals surface area (Å²) in [5, 5.41) is 4.94. The summed E-state index contributed by atoms with van der Waals surface area (Å²) < 4.78 is 0. The normalized spacial score (nSPS) is 12.5. The van der Waals surface area contributed by atoms with Crippen LogP contribution in [-0.2, 0) is 0 Å². The minimum atomic E-state index is 0.706. The average molecular weight is 715 g/mol. The lowest BCUT2D eigenvalue weighted by Crippen LogP contribution is -1.98. The molecule has 1 aromatic heterocycles. The Bertz CT molecular complexity index is 2870. The van der Waals surface area contributed by atoms with Crippen molar-refractivity contribution in [2.75, 3.05) is 0 Å². The van der Waals surface area contributed by atoms with Crippen LogP contribution in [0, 0.1) is 0 Å². The van der Waals surface area contributed by atoms with E-state index in [-0.39, 0.29) is 0 Å². The number of allylic oxidation sites excluding steroid dienone is 4. The Morgan fingerprint density at radius 2 is 0.768 bits per heavy atom. The van der Waals surface area contributed by atoms with Gasteiger partial charge >= 0.3 is 0 Å². The van der Waals surface area contributed by atoms with E-state index in [0.29, 0.717) is 5.82 Å². The number of aromatic nitrogens is 2. The van der Waals surface area contributed by atoms with E-state index in [2.05, 4.69) is 200 Å². The Labute approximate surface area is 327 Å². The smallest absolute Gasteiger partial charge is 0.160 e. The van der Waals surface area contributed by atoms with E-state index in [1.54, 1.807) is 0 Å². The molecule has 1 aliphatic carbocycles. The van der Waals surface area contributed by atoms with Crippen LogP contribution in [-0.4, -0.2) is 9.97 Å². The van der Waals surface area contributed by atoms with Gasteiger partial charge in [-0.3, -0.25) is 0 Å². The predicted molar refractivity (Wildman–Crippen MR) is 236 cm³/mol. The molecule has 0 saturated carbocycles. The van der Waals surface area contributed by atoms with Crippen molar-refractivity contribution in [1.82, 2.24) is 9.97 Å². The lowest BCUT2D eigenvalue weighted by Gasteiger charge is -2.19. The maximum Gasteiger partial charge on any atom is 0.160 e. The predicted octanol–water partition coefficient (Wildman–Crippen LogP) is 14.5. The maximum atomic E-state index is 5.32. The monoisotopic (exact) mass is 714 g/mol. The molecule has 2 nitrogen and oxygen atoms in total. The molecule has 0 unspecified atom stereocenters. The van der Waals surface area contributed by atoms with Crippen LogP contribution in [0.2, 0.25) is 0 Å². The molecule has 0 spiro atoms. The minimum Gasteiger partial charge on any atom is -0.228 e. The van der Waals surface area contributed by atoms with Crippen LogP contribution in [0.3, 0.4) is 0 Å². The van der Waals surface area contributed by atoms with E-state index in [4.69, 9.17) is 9.97 Å². The van der Waals surface area contributed by atoms with Gasteiger partial charge in [0.1, 0.15) is 0 Å². The molecule has 56 heavy (non-hydrogen) atoms. The van der Waals surface area contributed by atoms with Crippen LogP contribution in [0.25, 0.3) is 94.4 Å². The molecule has 0 aliphatic heterocycles. The quantitative estimate of drug-likeness (QED) is 0.154. The molecule has 0 bridgehead atoms. The lowest BCUT2D eigenvalue weighted by molar-refractivity contribution is 1.04. The number of hydrogen-bond donors (Lipinski definition) is 0. The van der Waals surface area contributed by atoms with Gasteiger partial charge in [0.2, 0.25) is 0 Å². The molecule has 0 saturated heterocycles. The fraction of sp³-hybridized carbons (Fsp3) is 0.0370. The second-order valence-corrected chi connectivity index (χ2v) is 14.4. The van der Waals surface area contributed by atoms with E-state index < -0.39 is 0 Å². The molecule has 2 heteroatoms. The highest BCUT2D eigenvalue weighted by molar-refractivity contribution is 6.21. The first-order valence-electron chi connectivity index (χ1n) is 19.4. The fourth-order valence-electron chi connectivity index (χ4n) is 8.19. The highest BCUT2D eigenvalue weighted by atomic mass is 14.9. The molecule has 0 amide bonds. The van der Waals surface area contributed by atoms with Gasteiger partial charge in [0.15, 0.2) is 5.82 Å². The highest BCUT2D eigenvalue weighted by Crippen LogP contribution is 2.45. The summed E-state index contributed by atoms with van der Waals surface area (Å²) in [5.41, 5.74) is 14.5. The standard InChI is InChI=1S/C54H38N2/c1-5-17-37(18-6-1)39-29-31-40(32-30-39)50-36-51(56-54(55-50)42-23-11-4-12-24-42)44-33-43(38-19-7-2-8-20-38)34-45(35-44)53-48-27-15-13-25-46(48)52(41-21-9-3-10-22-41)47-26-14-16-28-49(47)53/h1,3-7,9-36H,2,8H2. The molecule has 8 aromatic carbocycles. The number of benzene rings is 8. The van der Waals surface area contributed by atoms with Crippen LogP contribution >= 0.6 is 0 Å². The van der Waals surface area contributed by atoms with Gasteiger partial charge < -0.3 is 0 Å². The third-order valence-electron chi connectivity index (χ3n) is 10.9. The third kappa shape index (κ3) is 6.32. The fourth-order valence-corrected chi connectivity index (χ4v) is 8.19. The van der Waals surface area contributed by atoms with Crippen molar-refractivity contribution in [2.24, 2.45) is 0 Å². The van der Waals surface area contributed by atoms with Crippen molar-refractivity contribution < 1.29 is 0 Å². The second-order valence-electron chi connectivity index (χ2n) is 14.4. The number of nitrogens with zero attached hydrogens (tertiary/aromatic N) is 2. The van der Waals surface area contributed by atoms with Crippen molar-refractivity contribution in [3.8, 4) is 67.3 Å². The zero-order valence-corrected chi connectivity index (χ0v) is 30.9. The molecule has 1 heterocycles. The van der Waals surface area contributed by atoms with Crippen molar-refractivity contribution in [3.05, 3.63) is 212 Å². The summed E-state index contributed by atoms with van der Waals surface area (Å²) in [6.07, 6.45) is 9.02. The first-order valence-corrected chi connectivity index (χ1v) is 19.4. The summed E-state index contributed by atoms with van der Waals surface area (Å²) in [6.45, 7) is 0. The van der Waals surface area contributed by atoms with Gasteiger partial charge in [-0.25, -0.2) is 9.97 Å². The number of rotatable bonds is 7. The molecule has 1 aliphatic rings. The van der Waals surface area contributed by atoms with Crippen LogP contribution in [0.4, 0.5) is 0 Å². The van der Waals surface area contributed by atoms with E-state index in [9.17, 15) is 0 Å². The minimum absolute atomic E-state index is 0.706. The molecule has 264 valence electrons. The second kappa shape index (κ2) is 14.6. The van der Waals surface area contributed by atoms with Gasteiger partial charge in [-0.2, -0.15) is 0 Å². The van der Waals surface area contributed by atoms with Crippen molar-refractivity contribution in [3.63, 3.8) is 0 Å². The van der Waals surface area contributed by atoms with Crippen molar-refractivity contribution in [1.29, 1.82) is 0 Å². The largest absolute Gasteiger partial charge is 0.228 e. The zero-order chi connectivity index (χ0) is 37.3. The number of fused-ring (bicyclic) bond motifs is 2. The maximum absolute atomic E-state index is 5.32. The summed E-state index contributed by atoms with van der Waals surface area (Å²) in [6, 6.07) is 67.3. The first-order chi connectivity index (χ1) is 27.8. The van der Waals surface area contributed by atoms with Gasteiger partial charge in [-0.15, -0.1) is 0 Å². The van der Waals surface area contributed by atoms with Gasteiger partial charge in [-0.1, -0.05) is 182 Å². The summed E-state index contributed by atoms with van der Waals surface area (Å²) in [7, 11) is 0. The Balaban J connectivity index is 1.21. The van der Waals surface area contributed by atoms with Crippen LogP contribution in [0.1, 0.15) is 18.4 Å². The molecule has 0 radical (unpaired) electrons. The third-order valence-corrected chi connectivity index (χ3v) is 10.9. The summed E-state index contributed by atoms with van der Waals surface area (Å²) in [4.78, 5) is 10.5. The molecular weight excluding hydrogens is 677 g/mol. The van der Waals surface area contributed by atoms with E-state index in [1.165, 1.54) is 60.5 Å². The van der Waals surface area contributed by atoms with Crippen LogP contribution in [0.15, 0.2) is 206 Å². The van der Waals surface area contributed by atoms with Gasteiger partial charge in [0.05, 0.1) is 11.4 Å². The van der Waals surface area contributed by atoms with Crippen LogP contribution < -0.4 is 0 Å². The Morgan fingerprint density at radius 1 is 0.321 bits per heavy atom. The summed E-state index contributed by atoms with van der Waals surface area (Å²) >= 11 is 0. The topological polar surface area (TPSA) is 25.8 Å². The molecule has 0 N–H and O–H groups in total. The van der Waals surface area contributed by atoms with Crippen LogP contribution in [0.5, 0.6) is 0 Å². The highest BCUT2D eigenvalue weighted by Gasteiger charge is 2.19. The Hall–Kier alpha value is -7.16. The Kier molecular flexibility index (Phi) is 8.70. The SMILES string of the molecule is C1=CC(c2cc(-c3cc(-c4ccc(-c5ccccc5)cc4)nc(-c4ccccc4)n3)cc(-c3c4ccccc4c(-c4ccccc4)c4ccccc34)c2)=CCC1. The van der Waals surface area contributed by atoms with Gasteiger partial charge in [-0.05, 0) is 103 Å². The van der Waals surface area contributed by atoms with E-state index in [0.717, 1.165) is 46.5 Å². The molecular formula is C54H38N2. The lowest BCUT2D eigenvalue weighted by atomic mass is 9.84. The van der Waals surface area contributed by atoms with E-state index in [1.807, 2.05) is 6.07 Å². The van der Waals surface area contributed by atoms with Gasteiger partial charge in [0.25, 0.3) is 0 Å². The molecule has 0 atom stereocenters. The van der Waals surface area contributed by atoms with Crippen molar-refractivity contribution >= 4 is 27.1 Å². The molecule has 9 aromatic rings. The number of hydrogen-bond acceptors (Lipinski definition) is 2. The Morgan fingerprint density at radius 3 is 1.34 bits per heavy atom. The molecule has 0 fully saturated rings.